The lowest BCUT2D eigenvalue weighted by Crippen LogP contribution is -2.25. The summed E-state index contributed by atoms with van der Waals surface area (Å²) >= 11 is 7.33. The van der Waals surface area contributed by atoms with Crippen LogP contribution in [0.5, 0.6) is 0 Å². The fraction of sp³-hybridized carbons (Fsp3) is 0.240. The zero-order chi connectivity index (χ0) is 23.5. The van der Waals surface area contributed by atoms with Crippen LogP contribution in [0.4, 0.5) is 5.69 Å². The summed E-state index contributed by atoms with van der Waals surface area (Å²) in [6.07, 6.45) is 2.72. The van der Waals surface area contributed by atoms with Gasteiger partial charge in [0.05, 0.1) is 5.75 Å². The van der Waals surface area contributed by atoms with E-state index in [1.54, 1.807) is 16.7 Å². The number of nitrogens with zero attached hydrogens (tertiary/aromatic N) is 3. The summed E-state index contributed by atoms with van der Waals surface area (Å²) in [6.45, 7) is 4.46. The zero-order valence-corrected chi connectivity index (χ0v) is 20.3. The van der Waals surface area contributed by atoms with E-state index < -0.39 is 0 Å². The number of hydrogen-bond acceptors (Lipinski definition) is 4. The second-order valence-corrected chi connectivity index (χ2v) is 9.24. The number of nitrogens with one attached hydrogen (secondary N) is 1. The van der Waals surface area contributed by atoms with Crippen LogP contribution in [0, 0.1) is 6.92 Å². The number of anilines is 1. The number of thioether (sulfide) groups is 1. The van der Waals surface area contributed by atoms with Crippen molar-refractivity contribution in [2.24, 2.45) is 7.05 Å². The van der Waals surface area contributed by atoms with Gasteiger partial charge in [-0.05, 0) is 36.6 Å². The Hall–Kier alpha value is -3.03. The fourth-order valence-corrected chi connectivity index (χ4v) is 4.75. The molecule has 1 amide bonds. The topological polar surface area (TPSA) is 68.9 Å². The summed E-state index contributed by atoms with van der Waals surface area (Å²) in [6, 6.07) is 15.3. The normalized spacial score (nSPS) is 11.2. The minimum Gasteiger partial charge on any atom is -0.344 e. The molecule has 0 spiro atoms. The van der Waals surface area contributed by atoms with Crippen molar-refractivity contribution in [3.8, 4) is 11.1 Å². The highest BCUT2D eigenvalue weighted by Crippen LogP contribution is 2.29. The SMILES string of the molecule is CCCn1c(SCC(=O)Nc2cc(Cl)ccc2C)nc2c(-c3ccccc3)cn(C)c2c1=O. The summed E-state index contributed by atoms with van der Waals surface area (Å²) in [4.78, 5) is 30.9. The Bertz CT molecular complexity index is 1380. The first-order valence-electron chi connectivity index (χ1n) is 10.7. The van der Waals surface area contributed by atoms with Gasteiger partial charge in [-0.15, -0.1) is 0 Å². The summed E-state index contributed by atoms with van der Waals surface area (Å²) < 4.78 is 3.50. The molecule has 2 aromatic heterocycles. The van der Waals surface area contributed by atoms with Crippen molar-refractivity contribution in [2.75, 3.05) is 11.1 Å². The predicted molar refractivity (Wildman–Crippen MR) is 136 cm³/mol. The zero-order valence-electron chi connectivity index (χ0n) is 18.8. The number of rotatable bonds is 7. The van der Waals surface area contributed by atoms with Gasteiger partial charge in [-0.25, -0.2) is 4.98 Å². The van der Waals surface area contributed by atoms with Gasteiger partial charge in [0.25, 0.3) is 5.56 Å². The lowest BCUT2D eigenvalue weighted by atomic mass is 10.1. The highest BCUT2D eigenvalue weighted by atomic mass is 35.5. The molecule has 2 aromatic carbocycles. The lowest BCUT2D eigenvalue weighted by Gasteiger charge is -2.13. The molecule has 4 aromatic rings. The lowest BCUT2D eigenvalue weighted by molar-refractivity contribution is -0.113. The second-order valence-electron chi connectivity index (χ2n) is 7.86. The van der Waals surface area contributed by atoms with Crippen LogP contribution >= 0.6 is 23.4 Å². The maximum Gasteiger partial charge on any atom is 0.278 e. The first-order valence-corrected chi connectivity index (χ1v) is 12.1. The number of carbonyl (C=O) groups is 1. The fourth-order valence-electron chi connectivity index (χ4n) is 3.76. The van der Waals surface area contributed by atoms with Gasteiger partial charge in [0.1, 0.15) is 11.0 Å². The van der Waals surface area contributed by atoms with Gasteiger partial charge in [0.15, 0.2) is 5.16 Å². The Morgan fingerprint density at radius 2 is 1.94 bits per heavy atom. The summed E-state index contributed by atoms with van der Waals surface area (Å²) in [5.74, 6) is -0.0553. The number of aryl methyl sites for hydroxylation is 2. The van der Waals surface area contributed by atoms with E-state index in [1.807, 2.05) is 68.1 Å². The van der Waals surface area contributed by atoms with Gasteiger partial charge in [-0.3, -0.25) is 14.2 Å². The van der Waals surface area contributed by atoms with Gasteiger partial charge in [0, 0.05) is 36.1 Å². The quantitative estimate of drug-likeness (QED) is 0.280. The Kier molecular flexibility index (Phi) is 6.91. The van der Waals surface area contributed by atoms with Gasteiger partial charge >= 0.3 is 0 Å². The Labute approximate surface area is 201 Å². The largest absolute Gasteiger partial charge is 0.344 e. The maximum atomic E-state index is 13.4. The molecule has 0 atom stereocenters. The minimum atomic E-state index is -0.181. The average Bonchev–Trinajstić information content (AvgIpc) is 3.14. The minimum absolute atomic E-state index is 0.0971. The molecule has 8 heteroatoms. The number of hydrogen-bond donors (Lipinski definition) is 1. The molecule has 0 aliphatic rings. The van der Waals surface area contributed by atoms with E-state index in [-0.39, 0.29) is 17.2 Å². The third-order valence-corrected chi connectivity index (χ3v) is 6.59. The molecule has 0 saturated carbocycles. The Balaban J connectivity index is 1.68. The van der Waals surface area contributed by atoms with E-state index in [4.69, 9.17) is 16.6 Å². The van der Waals surface area contributed by atoms with Crippen LogP contribution in [0.1, 0.15) is 18.9 Å². The van der Waals surface area contributed by atoms with Gasteiger partial charge in [-0.2, -0.15) is 0 Å². The van der Waals surface area contributed by atoms with Gasteiger partial charge < -0.3 is 9.88 Å². The van der Waals surface area contributed by atoms with Crippen LogP contribution in [0.25, 0.3) is 22.2 Å². The van der Waals surface area contributed by atoms with E-state index in [0.717, 1.165) is 23.1 Å². The predicted octanol–water partition coefficient (Wildman–Crippen LogP) is 5.50. The van der Waals surface area contributed by atoms with Gasteiger partial charge in [-0.1, -0.05) is 66.7 Å². The van der Waals surface area contributed by atoms with Gasteiger partial charge in [0.2, 0.25) is 5.91 Å². The molecular weight excluding hydrogens is 456 g/mol. The van der Waals surface area contributed by atoms with E-state index in [1.165, 1.54) is 11.8 Å². The smallest absolute Gasteiger partial charge is 0.278 e. The number of benzene rings is 2. The number of carbonyl (C=O) groups excluding carboxylic acids is 1. The molecule has 0 radical (unpaired) electrons. The molecule has 0 unspecified atom stereocenters. The average molecular weight is 481 g/mol. The molecule has 0 bridgehead atoms. The standard InChI is InChI=1S/C25H25ClN4O2S/c1-4-12-30-24(32)23-22(19(14-29(23)3)17-8-6-5-7-9-17)28-25(30)33-15-21(31)27-20-13-18(26)11-10-16(20)2/h5-11,13-14H,4,12,15H2,1-3H3,(H,27,31). The molecule has 6 nitrogen and oxygen atoms in total. The molecular formula is C25H25ClN4O2S. The molecule has 0 saturated heterocycles. The van der Waals surface area contributed by atoms with Crippen LogP contribution in [0.3, 0.4) is 0 Å². The molecule has 2 heterocycles. The molecule has 33 heavy (non-hydrogen) atoms. The van der Waals surface area contributed by atoms with Crippen LogP contribution in [0.15, 0.2) is 64.7 Å². The highest BCUT2D eigenvalue weighted by molar-refractivity contribution is 7.99. The van der Waals surface area contributed by atoms with Crippen molar-refractivity contribution < 1.29 is 4.79 Å². The van der Waals surface area contributed by atoms with Crippen molar-refractivity contribution >= 4 is 46.0 Å². The number of amides is 1. The second kappa shape index (κ2) is 9.85. The molecule has 0 aliphatic carbocycles. The highest BCUT2D eigenvalue weighted by Gasteiger charge is 2.19. The molecule has 170 valence electrons. The monoisotopic (exact) mass is 480 g/mol. The number of fused-ring (bicyclic) bond motifs is 1. The molecule has 1 N–H and O–H groups in total. The molecule has 0 fully saturated rings. The Morgan fingerprint density at radius 1 is 1.18 bits per heavy atom. The third-order valence-electron chi connectivity index (χ3n) is 5.38. The van der Waals surface area contributed by atoms with Crippen molar-refractivity contribution in [1.29, 1.82) is 0 Å². The molecule has 4 rings (SSSR count). The van der Waals surface area contributed by atoms with Crippen LogP contribution in [-0.4, -0.2) is 25.8 Å². The summed E-state index contributed by atoms with van der Waals surface area (Å²) in [7, 11) is 1.86. The van der Waals surface area contributed by atoms with E-state index in [2.05, 4.69) is 5.32 Å². The number of aromatic nitrogens is 3. The van der Waals surface area contributed by atoms with Crippen molar-refractivity contribution in [2.45, 2.75) is 32.0 Å². The van der Waals surface area contributed by atoms with Crippen molar-refractivity contribution in [3.05, 3.63) is 75.7 Å². The van der Waals surface area contributed by atoms with E-state index >= 15 is 0 Å². The van der Waals surface area contributed by atoms with E-state index in [0.29, 0.717) is 33.4 Å². The Morgan fingerprint density at radius 3 is 2.67 bits per heavy atom. The molecule has 0 aliphatic heterocycles. The first kappa shape index (κ1) is 23.1. The van der Waals surface area contributed by atoms with Crippen molar-refractivity contribution in [1.82, 2.24) is 14.1 Å². The van der Waals surface area contributed by atoms with E-state index in [9.17, 15) is 9.59 Å². The van der Waals surface area contributed by atoms with Crippen molar-refractivity contribution in [3.63, 3.8) is 0 Å². The summed E-state index contributed by atoms with van der Waals surface area (Å²) in [5.41, 5.74) is 4.61. The van der Waals surface area contributed by atoms with Crippen LogP contribution < -0.4 is 10.9 Å². The number of halogens is 1. The maximum absolute atomic E-state index is 13.4. The van der Waals surface area contributed by atoms with Crippen LogP contribution in [0.2, 0.25) is 5.02 Å². The first-order chi connectivity index (χ1) is 15.9. The third kappa shape index (κ3) is 4.84. The summed E-state index contributed by atoms with van der Waals surface area (Å²) in [5, 5.41) is 4.00. The van der Waals surface area contributed by atoms with Crippen LogP contribution in [-0.2, 0) is 18.4 Å².